The lowest BCUT2D eigenvalue weighted by Gasteiger charge is -2.38. The summed E-state index contributed by atoms with van der Waals surface area (Å²) in [4.78, 5) is 2.55. The summed E-state index contributed by atoms with van der Waals surface area (Å²) in [5.41, 5.74) is 0. The van der Waals surface area contributed by atoms with E-state index in [1.54, 1.807) is 7.11 Å². The molecule has 2 saturated heterocycles. The Labute approximate surface area is 105 Å². The second kappa shape index (κ2) is 6.14. The topological polar surface area (TPSA) is 33.7 Å². The number of nitrogens with zero attached hydrogens (tertiary/aromatic N) is 1. The third-order valence-electron chi connectivity index (χ3n) is 3.71. The van der Waals surface area contributed by atoms with Crippen molar-refractivity contribution < 1.29 is 9.47 Å². The molecule has 2 heterocycles. The van der Waals surface area contributed by atoms with Gasteiger partial charge in [-0.3, -0.25) is 4.90 Å². The van der Waals surface area contributed by atoms with E-state index in [4.69, 9.17) is 9.47 Å². The van der Waals surface area contributed by atoms with E-state index in [-0.39, 0.29) is 0 Å². The summed E-state index contributed by atoms with van der Waals surface area (Å²) in [7, 11) is 1.79. The summed E-state index contributed by atoms with van der Waals surface area (Å²) >= 11 is 0. The van der Waals surface area contributed by atoms with Gasteiger partial charge in [-0.2, -0.15) is 0 Å². The average molecular weight is 242 g/mol. The zero-order chi connectivity index (χ0) is 12.3. The third kappa shape index (κ3) is 3.65. The summed E-state index contributed by atoms with van der Waals surface area (Å²) in [5, 5.41) is 3.52. The lowest BCUT2D eigenvalue weighted by atomic mass is 10.2. The SMILES string of the molecule is COCC(CNC(C)C)N1CC2CCC(C1)O2. The molecule has 2 bridgehead atoms. The molecule has 0 aromatic rings. The molecule has 4 nitrogen and oxygen atoms in total. The van der Waals surface area contributed by atoms with Gasteiger partial charge in [0.1, 0.15) is 0 Å². The molecule has 0 amide bonds. The molecule has 2 aliphatic rings. The van der Waals surface area contributed by atoms with Crippen LogP contribution < -0.4 is 5.32 Å². The molecule has 0 radical (unpaired) electrons. The highest BCUT2D eigenvalue weighted by atomic mass is 16.5. The highest BCUT2D eigenvalue weighted by molar-refractivity contribution is 4.88. The third-order valence-corrected chi connectivity index (χ3v) is 3.71. The standard InChI is InChI=1S/C13H26N2O2/c1-10(2)14-6-11(9-16-3)15-7-12-4-5-13(8-15)17-12/h10-14H,4-9H2,1-3H3. The number of ether oxygens (including phenoxy) is 2. The summed E-state index contributed by atoms with van der Waals surface area (Å²) in [5.74, 6) is 0. The molecule has 0 saturated carbocycles. The van der Waals surface area contributed by atoms with Crippen molar-refractivity contribution in [1.29, 1.82) is 0 Å². The number of likely N-dealkylation sites (tertiary alicyclic amines) is 1. The van der Waals surface area contributed by atoms with Crippen LogP contribution in [-0.2, 0) is 9.47 Å². The first kappa shape index (κ1) is 13.3. The van der Waals surface area contributed by atoms with E-state index in [0.29, 0.717) is 24.3 Å². The minimum atomic E-state index is 0.465. The lowest BCUT2D eigenvalue weighted by Crippen LogP contribution is -2.53. The fourth-order valence-corrected chi connectivity index (χ4v) is 2.80. The van der Waals surface area contributed by atoms with Crippen molar-refractivity contribution in [3.05, 3.63) is 0 Å². The number of hydrogen-bond acceptors (Lipinski definition) is 4. The fraction of sp³-hybridized carbons (Fsp3) is 1.00. The van der Waals surface area contributed by atoms with E-state index in [1.807, 2.05) is 0 Å². The first-order chi connectivity index (χ1) is 8.19. The number of methoxy groups -OCH3 is 1. The van der Waals surface area contributed by atoms with Crippen molar-refractivity contribution >= 4 is 0 Å². The second-order valence-corrected chi connectivity index (χ2v) is 5.58. The van der Waals surface area contributed by atoms with Crippen molar-refractivity contribution in [2.45, 2.75) is 51.0 Å². The van der Waals surface area contributed by atoms with Gasteiger partial charge in [-0.15, -0.1) is 0 Å². The van der Waals surface area contributed by atoms with E-state index in [0.717, 1.165) is 26.2 Å². The Bertz CT molecular complexity index is 223. The highest BCUT2D eigenvalue weighted by Gasteiger charge is 2.36. The molecule has 2 rings (SSSR count). The van der Waals surface area contributed by atoms with Gasteiger partial charge in [0.2, 0.25) is 0 Å². The van der Waals surface area contributed by atoms with Gasteiger partial charge < -0.3 is 14.8 Å². The van der Waals surface area contributed by atoms with Crippen LogP contribution in [0.5, 0.6) is 0 Å². The van der Waals surface area contributed by atoms with Gasteiger partial charge in [-0.25, -0.2) is 0 Å². The summed E-state index contributed by atoms with van der Waals surface area (Å²) < 4.78 is 11.2. The minimum absolute atomic E-state index is 0.465. The molecule has 0 aromatic carbocycles. The Morgan fingerprint density at radius 2 is 1.94 bits per heavy atom. The van der Waals surface area contributed by atoms with Gasteiger partial charge in [-0.05, 0) is 12.8 Å². The van der Waals surface area contributed by atoms with Crippen molar-refractivity contribution in [2.75, 3.05) is 33.4 Å². The summed E-state index contributed by atoms with van der Waals surface area (Å²) in [6, 6.07) is 1.02. The van der Waals surface area contributed by atoms with Crippen LogP contribution in [0.2, 0.25) is 0 Å². The average Bonchev–Trinajstić information content (AvgIpc) is 2.63. The maximum absolute atomic E-state index is 5.88. The Hall–Kier alpha value is -0.160. The highest BCUT2D eigenvalue weighted by Crippen LogP contribution is 2.27. The fourth-order valence-electron chi connectivity index (χ4n) is 2.80. The maximum atomic E-state index is 5.88. The zero-order valence-corrected chi connectivity index (χ0v) is 11.3. The molecule has 3 unspecified atom stereocenters. The zero-order valence-electron chi connectivity index (χ0n) is 11.3. The second-order valence-electron chi connectivity index (χ2n) is 5.58. The Kier molecular flexibility index (Phi) is 4.79. The molecule has 2 fully saturated rings. The van der Waals surface area contributed by atoms with Gasteiger partial charge in [0.05, 0.1) is 18.8 Å². The normalized spacial score (nSPS) is 31.1. The van der Waals surface area contributed by atoms with Crippen LogP contribution in [0, 0.1) is 0 Å². The predicted molar refractivity (Wildman–Crippen MR) is 68.3 cm³/mol. The number of rotatable bonds is 6. The van der Waals surface area contributed by atoms with E-state index < -0.39 is 0 Å². The van der Waals surface area contributed by atoms with Crippen LogP contribution in [0.1, 0.15) is 26.7 Å². The monoisotopic (exact) mass is 242 g/mol. The van der Waals surface area contributed by atoms with Crippen LogP contribution in [0.15, 0.2) is 0 Å². The molecule has 4 heteroatoms. The van der Waals surface area contributed by atoms with Gasteiger partial charge >= 0.3 is 0 Å². The van der Waals surface area contributed by atoms with Crippen LogP contribution in [0.4, 0.5) is 0 Å². The molecule has 0 aromatic heterocycles. The van der Waals surface area contributed by atoms with Gasteiger partial charge in [0, 0.05) is 38.8 Å². The predicted octanol–water partition coefficient (Wildman–Crippen LogP) is 0.863. The molecule has 2 aliphatic heterocycles. The minimum Gasteiger partial charge on any atom is -0.383 e. The summed E-state index contributed by atoms with van der Waals surface area (Å²) in [6.45, 7) is 8.33. The van der Waals surface area contributed by atoms with E-state index in [1.165, 1.54) is 12.8 Å². The van der Waals surface area contributed by atoms with E-state index >= 15 is 0 Å². The quantitative estimate of drug-likeness (QED) is 0.749. The molecular weight excluding hydrogens is 216 g/mol. The molecule has 1 N–H and O–H groups in total. The Balaban J connectivity index is 1.86. The molecule has 17 heavy (non-hydrogen) atoms. The van der Waals surface area contributed by atoms with Crippen LogP contribution in [0.25, 0.3) is 0 Å². The first-order valence-electron chi connectivity index (χ1n) is 6.81. The van der Waals surface area contributed by atoms with Gasteiger partial charge in [0.15, 0.2) is 0 Å². The van der Waals surface area contributed by atoms with Crippen LogP contribution in [0.3, 0.4) is 0 Å². The molecule has 0 spiro atoms. The summed E-state index contributed by atoms with van der Waals surface area (Å²) in [6.07, 6.45) is 3.40. The van der Waals surface area contributed by atoms with Crippen molar-refractivity contribution in [3.63, 3.8) is 0 Å². The number of hydrogen-bond donors (Lipinski definition) is 1. The largest absolute Gasteiger partial charge is 0.383 e. The Morgan fingerprint density at radius 3 is 2.47 bits per heavy atom. The smallest absolute Gasteiger partial charge is 0.0707 e. The van der Waals surface area contributed by atoms with Crippen LogP contribution in [-0.4, -0.2) is 62.5 Å². The number of fused-ring (bicyclic) bond motifs is 2. The maximum Gasteiger partial charge on any atom is 0.0707 e. The van der Waals surface area contributed by atoms with E-state index in [9.17, 15) is 0 Å². The van der Waals surface area contributed by atoms with Gasteiger partial charge in [0.25, 0.3) is 0 Å². The van der Waals surface area contributed by atoms with Crippen molar-refractivity contribution in [1.82, 2.24) is 10.2 Å². The van der Waals surface area contributed by atoms with Crippen molar-refractivity contribution in [3.8, 4) is 0 Å². The van der Waals surface area contributed by atoms with E-state index in [2.05, 4.69) is 24.1 Å². The van der Waals surface area contributed by atoms with Crippen LogP contribution >= 0.6 is 0 Å². The Morgan fingerprint density at radius 1 is 1.29 bits per heavy atom. The van der Waals surface area contributed by atoms with Crippen molar-refractivity contribution in [2.24, 2.45) is 0 Å². The first-order valence-corrected chi connectivity index (χ1v) is 6.81. The molecular formula is C13H26N2O2. The molecule has 3 atom stereocenters. The molecule has 100 valence electrons. The number of nitrogens with one attached hydrogen (secondary N) is 1. The number of morpholine rings is 1. The molecule has 0 aliphatic carbocycles. The van der Waals surface area contributed by atoms with Gasteiger partial charge in [-0.1, -0.05) is 13.8 Å². The lowest BCUT2D eigenvalue weighted by molar-refractivity contribution is -0.0619.